The average Bonchev–Trinajstić information content (AvgIpc) is 3.09. The summed E-state index contributed by atoms with van der Waals surface area (Å²) in [5.41, 5.74) is 1.81. The zero-order valence-corrected chi connectivity index (χ0v) is 16.0. The molecule has 0 N–H and O–H groups in total. The number of amides is 1. The summed E-state index contributed by atoms with van der Waals surface area (Å²) in [5, 5.41) is 0.428. The fourth-order valence-electron chi connectivity index (χ4n) is 2.75. The number of carbonyl (C=O) groups excluding carboxylic acids is 1. The van der Waals surface area contributed by atoms with Gasteiger partial charge in [0.05, 0.1) is 5.02 Å². The maximum Gasteiger partial charge on any atom is 0.235 e. The van der Waals surface area contributed by atoms with E-state index in [0.29, 0.717) is 29.6 Å². The molecule has 0 saturated carbocycles. The molecule has 7 heteroatoms. The van der Waals surface area contributed by atoms with Crippen molar-refractivity contribution in [3.63, 3.8) is 0 Å². The van der Waals surface area contributed by atoms with Gasteiger partial charge in [0.25, 0.3) is 0 Å². The lowest BCUT2D eigenvalue weighted by molar-refractivity contribution is -0.128. The summed E-state index contributed by atoms with van der Waals surface area (Å²) in [7, 11) is -1.33. The summed E-state index contributed by atoms with van der Waals surface area (Å²) in [6, 6.07) is 13.2. The maximum absolute atomic E-state index is 12.5. The molecule has 2 aromatic rings. The second kappa shape index (κ2) is 8.56. The lowest BCUT2D eigenvalue weighted by atomic mass is 10.2. The van der Waals surface area contributed by atoms with Crippen LogP contribution in [0.5, 0.6) is 11.5 Å². The van der Waals surface area contributed by atoms with Crippen molar-refractivity contribution >= 4 is 28.3 Å². The van der Waals surface area contributed by atoms with E-state index in [-0.39, 0.29) is 24.2 Å². The van der Waals surface area contributed by atoms with E-state index in [1.807, 2.05) is 37.3 Å². The van der Waals surface area contributed by atoms with E-state index in [1.165, 1.54) is 0 Å². The Labute approximate surface area is 160 Å². The van der Waals surface area contributed by atoms with Gasteiger partial charge < -0.3 is 14.4 Å². The summed E-state index contributed by atoms with van der Waals surface area (Å²) in [6.45, 7) is 3.14. The monoisotopic (exact) mass is 393 g/mol. The van der Waals surface area contributed by atoms with Crippen molar-refractivity contribution in [2.45, 2.75) is 19.2 Å². The Kier molecular flexibility index (Phi) is 6.16. The number of nitrogens with zero attached hydrogens (tertiary/aromatic N) is 1. The van der Waals surface area contributed by atoms with E-state index in [4.69, 9.17) is 21.1 Å². The maximum atomic E-state index is 12.5. The van der Waals surface area contributed by atoms with E-state index in [2.05, 4.69) is 0 Å². The van der Waals surface area contributed by atoms with Crippen molar-refractivity contribution < 1.29 is 18.5 Å². The molecule has 1 aliphatic heterocycles. The lowest BCUT2D eigenvalue weighted by Crippen LogP contribution is -2.34. The van der Waals surface area contributed by atoms with Crippen LogP contribution in [0.25, 0.3) is 0 Å². The zero-order valence-electron chi connectivity index (χ0n) is 14.4. The van der Waals surface area contributed by atoms with Crippen molar-refractivity contribution in [2.75, 3.05) is 19.1 Å². The predicted octanol–water partition coefficient (Wildman–Crippen LogP) is 3.37. The number of carbonyl (C=O) groups is 1. The highest BCUT2D eigenvalue weighted by Gasteiger charge is 2.20. The molecule has 3 rings (SSSR count). The van der Waals surface area contributed by atoms with Gasteiger partial charge in [-0.05, 0) is 30.2 Å². The Bertz CT molecular complexity index is 813. The normalized spacial score (nSPS) is 13.5. The molecule has 0 fully saturated rings. The third-order valence-corrected chi connectivity index (χ3v) is 5.55. The summed E-state index contributed by atoms with van der Waals surface area (Å²) in [5.74, 6) is 1.16. The van der Waals surface area contributed by atoms with E-state index in [0.717, 1.165) is 11.1 Å². The molecule has 0 aromatic heterocycles. The number of rotatable bonds is 7. The van der Waals surface area contributed by atoms with Gasteiger partial charge in [0.1, 0.15) is 5.75 Å². The van der Waals surface area contributed by atoms with Crippen LogP contribution in [0, 0.1) is 0 Å². The van der Waals surface area contributed by atoms with Crippen molar-refractivity contribution in [3.05, 3.63) is 58.6 Å². The molecule has 1 heterocycles. The Morgan fingerprint density at radius 3 is 2.69 bits per heavy atom. The van der Waals surface area contributed by atoms with E-state index in [9.17, 15) is 9.00 Å². The van der Waals surface area contributed by atoms with Crippen LogP contribution >= 0.6 is 11.6 Å². The Morgan fingerprint density at radius 2 is 1.96 bits per heavy atom. The van der Waals surface area contributed by atoms with Crippen molar-refractivity contribution in [3.8, 4) is 11.5 Å². The highest BCUT2D eigenvalue weighted by Crippen LogP contribution is 2.40. The second-order valence-electron chi connectivity index (χ2n) is 5.93. The molecule has 1 amide bonds. The van der Waals surface area contributed by atoms with Crippen molar-refractivity contribution in [1.82, 2.24) is 4.90 Å². The predicted molar refractivity (Wildman–Crippen MR) is 102 cm³/mol. The van der Waals surface area contributed by atoms with Gasteiger partial charge in [-0.3, -0.25) is 9.00 Å². The minimum absolute atomic E-state index is 0.0211. The van der Waals surface area contributed by atoms with Crippen LogP contribution < -0.4 is 9.47 Å². The van der Waals surface area contributed by atoms with Gasteiger partial charge in [0, 0.05) is 29.6 Å². The quantitative estimate of drug-likeness (QED) is 0.723. The molecule has 1 atom stereocenters. The van der Waals surface area contributed by atoms with Gasteiger partial charge in [-0.1, -0.05) is 41.9 Å². The van der Waals surface area contributed by atoms with Crippen molar-refractivity contribution in [1.29, 1.82) is 0 Å². The smallest absolute Gasteiger partial charge is 0.235 e. The largest absolute Gasteiger partial charge is 0.454 e. The van der Waals surface area contributed by atoms with Crippen molar-refractivity contribution in [2.24, 2.45) is 0 Å². The van der Waals surface area contributed by atoms with Crippen LogP contribution in [0.4, 0.5) is 0 Å². The minimum Gasteiger partial charge on any atom is -0.454 e. The second-order valence-corrected chi connectivity index (χ2v) is 7.80. The first-order valence-corrected chi connectivity index (χ1v) is 10.2. The highest BCUT2D eigenvalue weighted by atomic mass is 35.5. The molecule has 5 nitrogen and oxygen atoms in total. The molecular weight excluding hydrogens is 374 g/mol. The topological polar surface area (TPSA) is 55.8 Å². The zero-order chi connectivity index (χ0) is 18.5. The molecular formula is C19H20ClNO4S. The lowest BCUT2D eigenvalue weighted by Gasteiger charge is -2.21. The number of halogens is 1. The Morgan fingerprint density at radius 1 is 1.19 bits per heavy atom. The number of hydrogen-bond acceptors (Lipinski definition) is 4. The van der Waals surface area contributed by atoms with Crippen LogP contribution in [0.3, 0.4) is 0 Å². The first-order valence-electron chi connectivity index (χ1n) is 8.31. The standard InChI is InChI=1S/C19H20ClNO4S/c1-2-21(10-14-6-4-3-5-7-14)18(22)12-26(23)11-15-8-16(20)19-17(9-15)24-13-25-19/h3-9H,2,10-13H2,1H3/t26-/m0/s1. The molecule has 0 spiro atoms. The van der Waals surface area contributed by atoms with Crippen LogP contribution in [-0.2, 0) is 27.9 Å². The first-order chi connectivity index (χ1) is 12.6. The average molecular weight is 394 g/mol. The van der Waals surface area contributed by atoms with E-state index in [1.54, 1.807) is 17.0 Å². The molecule has 0 saturated heterocycles. The fraction of sp³-hybridized carbons (Fsp3) is 0.316. The first kappa shape index (κ1) is 18.7. The minimum atomic E-state index is -1.33. The third kappa shape index (κ3) is 4.56. The van der Waals surface area contributed by atoms with Gasteiger partial charge in [-0.25, -0.2) is 0 Å². The van der Waals surface area contributed by atoms with Gasteiger partial charge in [-0.15, -0.1) is 0 Å². The van der Waals surface area contributed by atoms with Gasteiger partial charge >= 0.3 is 0 Å². The highest BCUT2D eigenvalue weighted by molar-refractivity contribution is 7.84. The number of hydrogen-bond donors (Lipinski definition) is 0. The number of ether oxygens (including phenoxy) is 2. The summed E-state index contributed by atoms with van der Waals surface area (Å²) < 4.78 is 23.0. The molecule has 0 aliphatic carbocycles. The summed E-state index contributed by atoms with van der Waals surface area (Å²) in [4.78, 5) is 14.2. The molecule has 1 aliphatic rings. The van der Waals surface area contributed by atoms with Crippen LogP contribution in [0.2, 0.25) is 5.02 Å². The third-order valence-electron chi connectivity index (χ3n) is 4.05. The summed E-state index contributed by atoms with van der Waals surface area (Å²) in [6.07, 6.45) is 0. The van der Waals surface area contributed by atoms with Crippen LogP contribution in [0.1, 0.15) is 18.1 Å². The van der Waals surface area contributed by atoms with Gasteiger partial charge in [0.15, 0.2) is 11.5 Å². The SMILES string of the molecule is CCN(Cc1ccccc1)C(=O)C[S@@](=O)Cc1cc(Cl)c2c(c1)OCO2. The van der Waals surface area contributed by atoms with Crippen LogP contribution in [-0.4, -0.2) is 34.1 Å². The Hall–Kier alpha value is -2.05. The molecule has 2 aromatic carbocycles. The Balaban J connectivity index is 1.60. The molecule has 0 bridgehead atoms. The molecule has 26 heavy (non-hydrogen) atoms. The molecule has 0 unspecified atom stereocenters. The molecule has 0 radical (unpaired) electrons. The van der Waals surface area contributed by atoms with Gasteiger partial charge in [0.2, 0.25) is 12.7 Å². The molecule has 138 valence electrons. The number of fused-ring (bicyclic) bond motifs is 1. The van der Waals surface area contributed by atoms with Gasteiger partial charge in [-0.2, -0.15) is 0 Å². The van der Waals surface area contributed by atoms with Crippen LogP contribution in [0.15, 0.2) is 42.5 Å². The fourth-order valence-corrected chi connectivity index (χ4v) is 4.14. The summed E-state index contributed by atoms with van der Waals surface area (Å²) >= 11 is 6.15. The number of benzene rings is 2. The van der Waals surface area contributed by atoms with E-state index < -0.39 is 10.8 Å². The van der Waals surface area contributed by atoms with E-state index >= 15 is 0 Å².